The van der Waals surface area contributed by atoms with Crippen LogP contribution >= 0.6 is 23.5 Å². The Morgan fingerprint density at radius 3 is 1.95 bits per heavy atom. The van der Waals surface area contributed by atoms with Crippen molar-refractivity contribution in [2.45, 2.75) is 33.7 Å². The summed E-state index contributed by atoms with van der Waals surface area (Å²) in [5.74, 6) is 0. The van der Waals surface area contributed by atoms with E-state index in [9.17, 15) is 20.2 Å². The molecule has 0 saturated heterocycles. The van der Waals surface area contributed by atoms with Gasteiger partial charge in [0.2, 0.25) is 0 Å². The highest BCUT2D eigenvalue weighted by Gasteiger charge is 2.07. The van der Waals surface area contributed by atoms with E-state index in [1.165, 1.54) is 30.9 Å². The molecule has 15 heteroatoms. The fourth-order valence-corrected chi connectivity index (χ4v) is 3.72. The molecule has 0 aromatic carbocycles. The van der Waals surface area contributed by atoms with Crippen LogP contribution in [-0.2, 0) is 13.0 Å². The third kappa shape index (κ3) is 10.3. The van der Waals surface area contributed by atoms with E-state index in [0.29, 0.717) is 29.5 Å². The van der Waals surface area contributed by atoms with Gasteiger partial charge in [0.05, 0.1) is 10.2 Å². The number of H-pyrrole nitrogens is 2. The molecule has 0 spiro atoms. The zero-order chi connectivity index (χ0) is 29.2. The monoisotopic (exact) mass is 562 g/mol. The van der Waals surface area contributed by atoms with Gasteiger partial charge in [-0.15, -0.1) is 23.5 Å². The summed E-state index contributed by atoms with van der Waals surface area (Å²) in [5.41, 5.74) is 9.53. The van der Waals surface area contributed by atoms with Crippen LogP contribution in [0.2, 0.25) is 0 Å². The first-order chi connectivity index (χ1) is 18.8. The summed E-state index contributed by atoms with van der Waals surface area (Å²) < 4.78 is 5.75. The van der Waals surface area contributed by atoms with Crippen LogP contribution < -0.4 is 5.73 Å². The Kier molecular flexibility index (Phi) is 13.5. The Labute approximate surface area is 229 Å². The molecular formula is C23H31N9O4S2. The normalized spacial score (nSPS) is 11.3. The Bertz CT molecular complexity index is 1390. The van der Waals surface area contributed by atoms with Crippen molar-refractivity contribution in [2.75, 3.05) is 12.5 Å². The van der Waals surface area contributed by atoms with Gasteiger partial charge in [0.15, 0.2) is 10.1 Å². The van der Waals surface area contributed by atoms with Gasteiger partial charge < -0.3 is 15.7 Å². The smallest absolute Gasteiger partial charge is 0.191 e. The van der Waals surface area contributed by atoms with E-state index in [1.807, 2.05) is 36.7 Å². The highest BCUT2D eigenvalue weighted by Crippen LogP contribution is 2.18. The van der Waals surface area contributed by atoms with Crippen molar-refractivity contribution in [3.05, 3.63) is 80.4 Å². The average molecular weight is 563 g/mol. The number of aromatic amines is 2. The number of pyridine rings is 2. The molecule has 4 aromatic rings. The Hall–Kier alpha value is -3.82. The minimum absolute atomic E-state index is 0.468. The second-order valence-electron chi connectivity index (χ2n) is 7.12. The van der Waals surface area contributed by atoms with Gasteiger partial charge in [-0.1, -0.05) is 7.40 Å². The van der Waals surface area contributed by atoms with Gasteiger partial charge in [-0.25, -0.2) is 30.2 Å². The van der Waals surface area contributed by atoms with E-state index in [-0.39, 0.29) is 0 Å². The minimum Gasteiger partial charge on any atom is -0.346 e. The minimum atomic E-state index is -0.703. The zero-order valence-corrected chi connectivity index (χ0v) is 23.1. The molecule has 0 aliphatic rings. The number of rotatable bonds is 6. The molecule has 4 N–H and O–H groups in total. The number of nitrogens with two attached hydrogens (primary N) is 1. The van der Waals surface area contributed by atoms with Gasteiger partial charge in [-0.3, -0.25) is 0 Å². The number of nitro groups is 2. The summed E-state index contributed by atoms with van der Waals surface area (Å²) >= 11 is 2.57. The second-order valence-corrected chi connectivity index (χ2v) is 9.00. The maximum absolute atomic E-state index is 10.3. The molecule has 13 nitrogen and oxygen atoms in total. The topological polar surface area (TPSA) is 194 Å². The van der Waals surface area contributed by atoms with Crippen LogP contribution in [0.4, 0.5) is 0 Å². The lowest BCUT2D eigenvalue weighted by molar-refractivity contribution is -0.484. The first kappa shape index (κ1) is 30.4. The Balaban J connectivity index is 0.000000309. The summed E-state index contributed by atoms with van der Waals surface area (Å²) in [6, 6.07) is 7.82. The summed E-state index contributed by atoms with van der Waals surface area (Å²) in [4.78, 5) is 34.3. The fourth-order valence-electron chi connectivity index (χ4n) is 3.11. The van der Waals surface area contributed by atoms with Crippen LogP contribution in [-0.4, -0.2) is 52.6 Å². The van der Waals surface area contributed by atoms with Gasteiger partial charge in [-0.2, -0.15) is 0 Å². The quantitative estimate of drug-likeness (QED) is 0.124. The first-order valence-electron chi connectivity index (χ1n) is 11.8. The maximum atomic E-state index is 10.3. The number of aromatic nitrogens is 4. The highest BCUT2D eigenvalue weighted by molar-refractivity contribution is 8.13. The molecular weight excluding hydrogens is 530 g/mol. The highest BCUT2D eigenvalue weighted by atomic mass is 32.2. The van der Waals surface area contributed by atoms with Gasteiger partial charge in [0, 0.05) is 49.9 Å². The third-order valence-corrected chi connectivity index (χ3v) is 6.31. The number of hydrogen-bond acceptors (Lipinski definition) is 9. The SMILES string of the molecule is CS/C(C)=N\[N+](=O)[O-].CS/C(CCc1ccnc2[nH]ccc12)=N\[N+](=O)[O-].NCc1ccnc2[nH]ccc12.[2H]C. The van der Waals surface area contributed by atoms with Crippen molar-refractivity contribution in [1.82, 2.24) is 19.9 Å². The van der Waals surface area contributed by atoms with Crippen molar-refractivity contribution < 1.29 is 11.4 Å². The number of thioether (sulfide) groups is 2. The molecule has 0 unspecified atom stereocenters. The third-order valence-electron chi connectivity index (χ3n) is 4.88. The molecule has 0 aliphatic heterocycles. The van der Waals surface area contributed by atoms with Crippen LogP contribution in [0.1, 0.15) is 33.2 Å². The lowest BCUT2D eigenvalue weighted by Gasteiger charge is -2.02. The van der Waals surface area contributed by atoms with E-state index in [1.54, 1.807) is 31.8 Å². The number of hydrazone groups is 2. The van der Waals surface area contributed by atoms with Crippen LogP contribution in [0.3, 0.4) is 0 Å². The molecule has 0 bridgehead atoms. The van der Waals surface area contributed by atoms with Crippen molar-refractivity contribution in [1.29, 1.82) is 0 Å². The predicted molar refractivity (Wildman–Crippen MR) is 157 cm³/mol. The standard InChI is InChI=1S/C11H12N4O2S.C8H9N3.C3H6N2O2S.CH4/c1-18-10(14-15(16)17)3-2-8-4-6-12-11-9(8)5-7-13-11;9-5-6-1-3-10-8-7(6)2-4-11-8;1-3(8-2)4-5(6)7;/h4-7H,2-3H2,1H3,(H,12,13);1-4H,5,9H2,(H,10,11);1-2H3;1H4/b14-10-;;4-3-;/i;;;1D. The summed E-state index contributed by atoms with van der Waals surface area (Å²) in [5, 5.41) is 28.1. The molecule has 38 heavy (non-hydrogen) atoms. The molecule has 204 valence electrons. The molecule has 4 rings (SSSR count). The molecule has 0 aliphatic carbocycles. The maximum Gasteiger partial charge on any atom is 0.191 e. The van der Waals surface area contributed by atoms with Crippen LogP contribution in [0, 0.1) is 20.2 Å². The largest absolute Gasteiger partial charge is 0.346 e. The van der Waals surface area contributed by atoms with Gasteiger partial charge >= 0.3 is 0 Å². The van der Waals surface area contributed by atoms with E-state index in [4.69, 9.17) is 7.10 Å². The number of hydrogen-bond donors (Lipinski definition) is 3. The zero-order valence-electron chi connectivity index (χ0n) is 22.5. The van der Waals surface area contributed by atoms with Crippen molar-refractivity contribution in [2.24, 2.45) is 15.9 Å². The van der Waals surface area contributed by atoms with Crippen LogP contribution in [0.5, 0.6) is 0 Å². The summed E-state index contributed by atoms with van der Waals surface area (Å²) in [6.45, 7) is 2.16. The first-order valence-corrected chi connectivity index (χ1v) is 13.2. The van der Waals surface area contributed by atoms with Gasteiger partial charge in [0.1, 0.15) is 21.4 Å². The molecule has 0 saturated carbocycles. The van der Waals surface area contributed by atoms with E-state index in [2.05, 4.69) is 30.1 Å². The number of nitrogens with one attached hydrogen (secondary N) is 2. The molecule has 0 atom stereocenters. The number of aryl methyl sites for hydroxylation is 1. The van der Waals surface area contributed by atoms with Gasteiger partial charge in [0.25, 0.3) is 0 Å². The molecule has 0 radical (unpaired) electrons. The fraction of sp³-hybridized carbons (Fsp3) is 0.304. The number of fused-ring (bicyclic) bond motifs is 2. The molecule has 4 heterocycles. The lowest BCUT2D eigenvalue weighted by Crippen LogP contribution is -2.00. The Morgan fingerprint density at radius 2 is 1.50 bits per heavy atom. The molecule has 0 amide bonds. The summed E-state index contributed by atoms with van der Waals surface area (Å²) in [7, 11) is 1.25. The Morgan fingerprint density at radius 1 is 0.974 bits per heavy atom. The molecule has 0 fully saturated rings. The van der Waals surface area contributed by atoms with Crippen molar-refractivity contribution >= 4 is 55.7 Å². The van der Waals surface area contributed by atoms with E-state index >= 15 is 0 Å². The second kappa shape index (κ2) is 16.8. The van der Waals surface area contributed by atoms with E-state index in [0.717, 1.165) is 33.2 Å². The van der Waals surface area contributed by atoms with Crippen LogP contribution in [0.15, 0.2) is 59.3 Å². The van der Waals surface area contributed by atoms with Crippen molar-refractivity contribution in [3.63, 3.8) is 0 Å². The summed E-state index contributed by atoms with van der Waals surface area (Å²) in [6.07, 6.45) is 12.0. The van der Waals surface area contributed by atoms with Crippen LogP contribution in [0.25, 0.3) is 22.1 Å². The number of nitrogens with zero attached hydrogens (tertiary/aromatic N) is 6. The van der Waals surface area contributed by atoms with Gasteiger partial charge in [-0.05, 0) is 61.2 Å². The van der Waals surface area contributed by atoms with E-state index < -0.39 is 10.1 Å². The predicted octanol–water partition coefficient (Wildman–Crippen LogP) is 5.07. The average Bonchev–Trinajstić information content (AvgIpc) is 3.62. The van der Waals surface area contributed by atoms with Crippen molar-refractivity contribution in [3.8, 4) is 0 Å². The lowest BCUT2D eigenvalue weighted by atomic mass is 10.1. The molecule has 4 aromatic heterocycles.